The van der Waals surface area contributed by atoms with Crippen LogP contribution in [-0.4, -0.2) is 23.4 Å². The van der Waals surface area contributed by atoms with E-state index >= 15 is 0 Å². The highest BCUT2D eigenvalue weighted by atomic mass is 16.1. The number of hydrogen-bond acceptors (Lipinski definition) is 4. The Hall–Kier alpha value is -1.83. The summed E-state index contributed by atoms with van der Waals surface area (Å²) in [6, 6.07) is 3.93. The molecule has 0 aromatic carbocycles. The van der Waals surface area contributed by atoms with E-state index in [-0.39, 0.29) is 11.0 Å². The molecule has 0 radical (unpaired) electrons. The normalized spacial score (nSPS) is 11.2. The van der Waals surface area contributed by atoms with Crippen LogP contribution in [0.5, 0.6) is 0 Å². The first kappa shape index (κ1) is 17.2. The Labute approximate surface area is 127 Å². The Morgan fingerprint density at radius 3 is 2.71 bits per heavy atom. The van der Waals surface area contributed by atoms with Crippen molar-refractivity contribution >= 4 is 5.69 Å². The molecule has 5 heteroatoms. The minimum atomic E-state index is -0.287. The zero-order valence-electron chi connectivity index (χ0n) is 13.6. The van der Waals surface area contributed by atoms with Gasteiger partial charge in [-0.25, -0.2) is 4.68 Å². The number of unbranched alkanes of at least 4 members (excludes halogenated alkanes) is 1. The first-order valence-electron chi connectivity index (χ1n) is 7.59. The van der Waals surface area contributed by atoms with Crippen LogP contribution in [0.4, 0.5) is 5.69 Å². The maximum absolute atomic E-state index is 12.0. The molecule has 0 aliphatic heterocycles. The average Bonchev–Trinajstić information content (AvgIpc) is 2.45. The quantitative estimate of drug-likeness (QED) is 0.691. The number of nitrogens with zero attached hydrogens (tertiary/aromatic N) is 4. The summed E-state index contributed by atoms with van der Waals surface area (Å²) in [4.78, 5) is 14.1. The third kappa shape index (κ3) is 5.58. The predicted octanol–water partition coefficient (Wildman–Crippen LogP) is 2.81. The molecule has 0 fully saturated rings. The second-order valence-electron chi connectivity index (χ2n) is 6.15. The summed E-state index contributed by atoms with van der Waals surface area (Å²) in [7, 11) is 1.97. The molecule has 1 rings (SSSR count). The van der Waals surface area contributed by atoms with Gasteiger partial charge in [-0.3, -0.25) is 4.79 Å². The summed E-state index contributed by atoms with van der Waals surface area (Å²) in [5, 5.41) is 13.2. The van der Waals surface area contributed by atoms with Crippen LogP contribution in [0, 0.1) is 16.7 Å². The number of rotatable bonds is 8. The van der Waals surface area contributed by atoms with Gasteiger partial charge in [0, 0.05) is 26.2 Å². The summed E-state index contributed by atoms with van der Waals surface area (Å²) in [6.07, 6.45) is 5.41. The Kier molecular flexibility index (Phi) is 6.41. The van der Waals surface area contributed by atoms with Gasteiger partial charge in [-0.05, 0) is 33.1 Å². The topological polar surface area (TPSA) is 61.9 Å². The van der Waals surface area contributed by atoms with E-state index in [1.54, 1.807) is 12.3 Å². The van der Waals surface area contributed by atoms with E-state index in [0.29, 0.717) is 6.54 Å². The number of anilines is 1. The monoisotopic (exact) mass is 290 g/mol. The molecule has 5 nitrogen and oxygen atoms in total. The van der Waals surface area contributed by atoms with Gasteiger partial charge >= 0.3 is 0 Å². The number of nitriles is 1. The molecule has 0 spiro atoms. The molecule has 116 valence electrons. The lowest BCUT2D eigenvalue weighted by Gasteiger charge is -2.18. The van der Waals surface area contributed by atoms with E-state index in [4.69, 9.17) is 5.26 Å². The zero-order chi connectivity index (χ0) is 15.9. The summed E-state index contributed by atoms with van der Waals surface area (Å²) in [6.45, 7) is 7.51. The lowest BCUT2D eigenvalue weighted by atomic mass is 9.89. The first-order valence-corrected chi connectivity index (χ1v) is 7.59. The molecule has 0 atom stereocenters. The number of aromatic nitrogens is 2. The van der Waals surface area contributed by atoms with Crippen molar-refractivity contribution in [2.24, 2.45) is 5.41 Å². The SMILES string of the molecule is CCCN(C)c1cnn(CCCCC(C)(C)C#N)c(=O)c1. The van der Waals surface area contributed by atoms with Gasteiger partial charge in [-0.2, -0.15) is 10.4 Å². The molecule has 0 saturated carbocycles. The van der Waals surface area contributed by atoms with Gasteiger partial charge < -0.3 is 4.90 Å². The molecule has 1 heterocycles. The zero-order valence-corrected chi connectivity index (χ0v) is 13.6. The van der Waals surface area contributed by atoms with E-state index < -0.39 is 0 Å². The standard InChI is InChI=1S/C16H26N4O/c1-5-9-19(4)14-11-15(21)20(18-12-14)10-7-6-8-16(2,3)13-17/h11-12H,5-10H2,1-4H3. The van der Waals surface area contributed by atoms with Crippen molar-refractivity contribution in [2.75, 3.05) is 18.5 Å². The maximum Gasteiger partial charge on any atom is 0.268 e. The van der Waals surface area contributed by atoms with Gasteiger partial charge in [-0.15, -0.1) is 0 Å². The van der Waals surface area contributed by atoms with Gasteiger partial charge in [0.25, 0.3) is 5.56 Å². The molecule has 0 aliphatic rings. The lowest BCUT2D eigenvalue weighted by Crippen LogP contribution is -2.26. The average molecular weight is 290 g/mol. The molecule has 0 aliphatic carbocycles. The number of aryl methyl sites for hydroxylation is 1. The van der Waals surface area contributed by atoms with Gasteiger partial charge in [0.05, 0.1) is 23.4 Å². The van der Waals surface area contributed by atoms with E-state index in [9.17, 15) is 4.79 Å². The van der Waals surface area contributed by atoms with Crippen LogP contribution < -0.4 is 10.5 Å². The second kappa shape index (κ2) is 7.82. The van der Waals surface area contributed by atoms with E-state index in [1.807, 2.05) is 25.8 Å². The summed E-state index contributed by atoms with van der Waals surface area (Å²) < 4.78 is 1.50. The highest BCUT2D eigenvalue weighted by molar-refractivity contribution is 5.41. The molecule has 0 saturated heterocycles. The van der Waals surface area contributed by atoms with Crippen LogP contribution in [0.3, 0.4) is 0 Å². The van der Waals surface area contributed by atoms with Crippen LogP contribution >= 0.6 is 0 Å². The minimum absolute atomic E-state index is 0.0602. The van der Waals surface area contributed by atoms with Crippen molar-refractivity contribution in [2.45, 2.75) is 53.0 Å². The maximum atomic E-state index is 12.0. The lowest BCUT2D eigenvalue weighted by molar-refractivity contribution is 0.408. The molecular formula is C16H26N4O. The minimum Gasteiger partial charge on any atom is -0.373 e. The molecule has 0 bridgehead atoms. The van der Waals surface area contributed by atoms with Crippen molar-refractivity contribution in [3.05, 3.63) is 22.6 Å². The summed E-state index contributed by atoms with van der Waals surface area (Å²) in [5.74, 6) is 0. The van der Waals surface area contributed by atoms with Crippen molar-refractivity contribution in [1.82, 2.24) is 9.78 Å². The van der Waals surface area contributed by atoms with Crippen LogP contribution in [0.25, 0.3) is 0 Å². The van der Waals surface area contributed by atoms with Crippen molar-refractivity contribution < 1.29 is 0 Å². The highest BCUT2D eigenvalue weighted by Crippen LogP contribution is 2.21. The molecule has 0 amide bonds. The molecule has 0 unspecified atom stereocenters. The fourth-order valence-electron chi connectivity index (χ4n) is 2.15. The molecular weight excluding hydrogens is 264 g/mol. The van der Waals surface area contributed by atoms with E-state index in [1.165, 1.54) is 4.68 Å². The first-order chi connectivity index (χ1) is 9.89. The Bertz CT molecular complexity index is 542. The highest BCUT2D eigenvalue weighted by Gasteiger charge is 2.15. The van der Waals surface area contributed by atoms with Gasteiger partial charge in [0.2, 0.25) is 0 Å². The van der Waals surface area contributed by atoms with E-state index in [0.717, 1.165) is 37.9 Å². The molecule has 21 heavy (non-hydrogen) atoms. The van der Waals surface area contributed by atoms with Crippen molar-refractivity contribution in [3.63, 3.8) is 0 Å². The van der Waals surface area contributed by atoms with Gasteiger partial charge in [0.15, 0.2) is 0 Å². The summed E-state index contributed by atoms with van der Waals surface area (Å²) in [5.41, 5.74) is 0.518. The van der Waals surface area contributed by atoms with Crippen LogP contribution in [0.2, 0.25) is 0 Å². The second-order valence-corrected chi connectivity index (χ2v) is 6.15. The van der Waals surface area contributed by atoms with E-state index in [2.05, 4.69) is 18.1 Å². The third-order valence-corrected chi connectivity index (χ3v) is 3.58. The fourth-order valence-corrected chi connectivity index (χ4v) is 2.15. The molecule has 1 aromatic heterocycles. The van der Waals surface area contributed by atoms with Crippen LogP contribution in [0.15, 0.2) is 17.1 Å². The smallest absolute Gasteiger partial charge is 0.268 e. The molecule has 1 aromatic rings. The largest absolute Gasteiger partial charge is 0.373 e. The third-order valence-electron chi connectivity index (χ3n) is 3.58. The fraction of sp³-hybridized carbons (Fsp3) is 0.688. The van der Waals surface area contributed by atoms with Crippen LogP contribution in [0.1, 0.15) is 46.5 Å². The number of hydrogen-bond donors (Lipinski definition) is 0. The molecule has 0 N–H and O–H groups in total. The van der Waals surface area contributed by atoms with Crippen LogP contribution in [-0.2, 0) is 6.54 Å². The van der Waals surface area contributed by atoms with Gasteiger partial charge in [0.1, 0.15) is 0 Å². The Balaban J connectivity index is 2.54. The summed E-state index contributed by atoms with van der Waals surface area (Å²) >= 11 is 0. The Morgan fingerprint density at radius 2 is 2.14 bits per heavy atom. The van der Waals surface area contributed by atoms with Gasteiger partial charge in [-0.1, -0.05) is 13.3 Å². The van der Waals surface area contributed by atoms with Crippen molar-refractivity contribution in [3.8, 4) is 6.07 Å². The predicted molar refractivity (Wildman–Crippen MR) is 85.3 cm³/mol. The Morgan fingerprint density at radius 1 is 1.43 bits per heavy atom. The van der Waals surface area contributed by atoms with Crippen molar-refractivity contribution in [1.29, 1.82) is 5.26 Å².